The van der Waals surface area contributed by atoms with Gasteiger partial charge in [-0.15, -0.1) is 0 Å². The summed E-state index contributed by atoms with van der Waals surface area (Å²) in [5.41, 5.74) is 0.0761. The Morgan fingerprint density at radius 3 is 2.41 bits per heavy atom. The lowest BCUT2D eigenvalue weighted by Gasteiger charge is -2.11. The number of carbonyl (C=O) groups is 1. The molecule has 0 radical (unpaired) electrons. The largest absolute Gasteiger partial charge is 0.490 e. The van der Waals surface area contributed by atoms with Crippen LogP contribution in [-0.2, 0) is 16.6 Å². The van der Waals surface area contributed by atoms with E-state index in [1.54, 1.807) is 4.72 Å². The highest BCUT2D eigenvalue weighted by Gasteiger charge is 2.22. The summed E-state index contributed by atoms with van der Waals surface area (Å²) >= 11 is 0. The van der Waals surface area contributed by atoms with Gasteiger partial charge in [-0.2, -0.15) is 0 Å². The van der Waals surface area contributed by atoms with E-state index >= 15 is 0 Å². The highest BCUT2D eigenvalue weighted by Crippen LogP contribution is 2.30. The molecule has 34 heavy (non-hydrogen) atoms. The molecule has 1 amide bonds. The van der Waals surface area contributed by atoms with Crippen LogP contribution in [0.5, 0.6) is 11.5 Å². The fraction of sp³-hybridized carbons (Fsp3) is 0.261. The topological polar surface area (TPSA) is 107 Å². The number of nitrogens with zero attached hydrogens (tertiary/aromatic N) is 2. The number of halogens is 2. The van der Waals surface area contributed by atoms with Crippen LogP contribution in [0, 0.1) is 17.6 Å². The van der Waals surface area contributed by atoms with Crippen LogP contribution in [0.2, 0.25) is 0 Å². The molecule has 0 saturated heterocycles. The van der Waals surface area contributed by atoms with Gasteiger partial charge in [0.25, 0.3) is 5.91 Å². The summed E-state index contributed by atoms with van der Waals surface area (Å²) in [6, 6.07) is 7.48. The first-order valence-electron chi connectivity index (χ1n) is 10.4. The Morgan fingerprint density at radius 2 is 1.76 bits per heavy atom. The van der Waals surface area contributed by atoms with E-state index in [2.05, 4.69) is 9.97 Å². The van der Waals surface area contributed by atoms with Gasteiger partial charge >= 0.3 is 0 Å². The van der Waals surface area contributed by atoms with Gasteiger partial charge in [-0.3, -0.25) is 4.79 Å². The Bertz CT molecular complexity index is 1310. The first-order valence-corrected chi connectivity index (χ1v) is 12.3. The van der Waals surface area contributed by atoms with E-state index in [0.717, 1.165) is 25.2 Å². The number of amides is 1. The zero-order valence-electron chi connectivity index (χ0n) is 18.1. The summed E-state index contributed by atoms with van der Waals surface area (Å²) in [5.74, 6) is -0.758. The quantitative estimate of drug-likeness (QED) is 0.490. The summed E-state index contributed by atoms with van der Waals surface area (Å²) in [5, 5.41) is 0. The molecule has 4 rings (SSSR count). The molecule has 11 heteroatoms. The van der Waals surface area contributed by atoms with Crippen LogP contribution in [0.1, 0.15) is 28.8 Å². The van der Waals surface area contributed by atoms with Crippen LogP contribution in [0.4, 0.5) is 8.78 Å². The van der Waals surface area contributed by atoms with Crippen molar-refractivity contribution in [3.63, 3.8) is 0 Å². The van der Waals surface area contributed by atoms with Crippen molar-refractivity contribution in [3.8, 4) is 22.9 Å². The van der Waals surface area contributed by atoms with E-state index in [1.807, 2.05) is 0 Å². The van der Waals surface area contributed by atoms with Gasteiger partial charge < -0.3 is 9.47 Å². The smallest absolute Gasteiger partial charge is 0.264 e. The van der Waals surface area contributed by atoms with Crippen LogP contribution >= 0.6 is 0 Å². The van der Waals surface area contributed by atoms with Crippen LogP contribution < -0.4 is 14.2 Å². The molecule has 1 aromatic heterocycles. The minimum atomic E-state index is -3.77. The molecule has 3 aromatic rings. The molecule has 0 aliphatic heterocycles. The van der Waals surface area contributed by atoms with E-state index in [4.69, 9.17) is 9.47 Å². The van der Waals surface area contributed by atoms with Gasteiger partial charge in [0.15, 0.2) is 11.6 Å². The second kappa shape index (κ2) is 9.72. The number of hydrogen-bond donors (Lipinski definition) is 1. The van der Waals surface area contributed by atoms with Gasteiger partial charge in [-0.25, -0.2) is 31.9 Å². The number of sulfonamides is 1. The molecule has 2 aromatic carbocycles. The summed E-state index contributed by atoms with van der Waals surface area (Å²) in [7, 11) is -3.77. The average molecular weight is 490 g/mol. The van der Waals surface area contributed by atoms with E-state index in [1.165, 1.54) is 42.7 Å². The number of hydrogen-bond acceptors (Lipinski definition) is 7. The van der Waals surface area contributed by atoms with Gasteiger partial charge in [-0.05, 0) is 49.1 Å². The Morgan fingerprint density at radius 1 is 1.03 bits per heavy atom. The van der Waals surface area contributed by atoms with Gasteiger partial charge in [0.05, 0.1) is 30.8 Å². The molecule has 1 heterocycles. The van der Waals surface area contributed by atoms with Crippen LogP contribution in [0.3, 0.4) is 0 Å². The van der Waals surface area contributed by atoms with Crippen molar-refractivity contribution in [1.29, 1.82) is 0 Å². The maximum absolute atomic E-state index is 14.4. The minimum absolute atomic E-state index is 0.111. The number of ether oxygens (including phenoxy) is 2. The van der Waals surface area contributed by atoms with Crippen molar-refractivity contribution in [3.05, 3.63) is 71.6 Å². The number of carbonyl (C=O) groups excluding carboxylic acids is 1. The Balaban J connectivity index is 1.42. The lowest BCUT2D eigenvalue weighted by Crippen LogP contribution is -2.29. The second-order valence-corrected chi connectivity index (χ2v) is 9.69. The summed E-state index contributed by atoms with van der Waals surface area (Å²) in [6.07, 6.45) is 6.10. The summed E-state index contributed by atoms with van der Waals surface area (Å²) in [4.78, 5) is 20.2. The third-order valence-corrected chi connectivity index (χ3v) is 5.53. The van der Waals surface area contributed by atoms with Crippen molar-refractivity contribution in [1.82, 2.24) is 14.7 Å². The predicted molar refractivity (Wildman–Crippen MR) is 119 cm³/mol. The van der Waals surface area contributed by atoms with Crippen LogP contribution in [-0.4, -0.2) is 37.2 Å². The lowest BCUT2D eigenvalue weighted by molar-refractivity contribution is 0.0981. The SMILES string of the molecule is CS(=O)(=O)NC(=O)c1ccc(COc2ccc(F)c(-c3ncc(OCC4CC4)cn3)c2)c(F)c1. The highest BCUT2D eigenvalue weighted by molar-refractivity contribution is 7.89. The first kappa shape index (κ1) is 23.6. The molecule has 1 N–H and O–H groups in total. The predicted octanol–water partition coefficient (Wildman–Crippen LogP) is 3.48. The number of aromatic nitrogens is 2. The molecular formula is C23H21F2N3O5S. The fourth-order valence-corrected chi connectivity index (χ4v) is 3.44. The molecule has 178 valence electrons. The van der Waals surface area contributed by atoms with E-state index in [0.29, 0.717) is 18.3 Å². The van der Waals surface area contributed by atoms with E-state index in [9.17, 15) is 22.0 Å². The van der Waals surface area contributed by atoms with Crippen LogP contribution in [0.25, 0.3) is 11.4 Å². The van der Waals surface area contributed by atoms with Gasteiger partial charge in [0, 0.05) is 11.1 Å². The van der Waals surface area contributed by atoms with E-state index < -0.39 is 27.6 Å². The zero-order valence-corrected chi connectivity index (χ0v) is 18.9. The van der Waals surface area contributed by atoms with Crippen molar-refractivity contribution >= 4 is 15.9 Å². The maximum Gasteiger partial charge on any atom is 0.264 e. The number of nitrogens with one attached hydrogen (secondary N) is 1. The van der Waals surface area contributed by atoms with Gasteiger partial charge in [0.2, 0.25) is 10.0 Å². The number of benzene rings is 2. The molecule has 1 aliphatic carbocycles. The van der Waals surface area contributed by atoms with Crippen LogP contribution in [0.15, 0.2) is 48.8 Å². The van der Waals surface area contributed by atoms with Crippen molar-refractivity contribution in [2.24, 2.45) is 5.92 Å². The number of rotatable bonds is 9. The Labute approximate surface area is 195 Å². The molecule has 8 nitrogen and oxygen atoms in total. The van der Waals surface area contributed by atoms with E-state index in [-0.39, 0.29) is 34.9 Å². The first-order chi connectivity index (χ1) is 16.2. The minimum Gasteiger partial charge on any atom is -0.490 e. The standard InChI is InChI=1S/C23H21F2N3O5S/c1-34(30,31)28-23(29)15-4-5-16(21(25)8-15)13-33-17-6-7-20(24)19(9-17)22-26-10-18(11-27-22)32-12-14-2-3-14/h4-11,14H,2-3,12-13H2,1H3,(H,28,29). The highest BCUT2D eigenvalue weighted by atomic mass is 32.2. The van der Waals surface area contributed by atoms with Crippen molar-refractivity contribution in [2.75, 3.05) is 12.9 Å². The second-order valence-electron chi connectivity index (χ2n) is 7.94. The van der Waals surface area contributed by atoms with Gasteiger partial charge in [0.1, 0.15) is 24.0 Å². The summed E-state index contributed by atoms with van der Waals surface area (Å²) in [6.45, 7) is 0.403. The Hall–Kier alpha value is -3.60. The maximum atomic E-state index is 14.4. The molecule has 1 fully saturated rings. The third kappa shape index (κ3) is 6.25. The normalized spacial score (nSPS) is 13.4. The molecule has 0 bridgehead atoms. The zero-order chi connectivity index (χ0) is 24.3. The molecular weight excluding hydrogens is 468 g/mol. The molecule has 1 aliphatic rings. The van der Waals surface area contributed by atoms with Gasteiger partial charge in [-0.1, -0.05) is 6.07 Å². The monoisotopic (exact) mass is 489 g/mol. The lowest BCUT2D eigenvalue weighted by atomic mass is 10.1. The molecule has 0 unspecified atom stereocenters. The molecule has 0 atom stereocenters. The molecule has 1 saturated carbocycles. The van der Waals surface area contributed by atoms with Crippen molar-refractivity contribution in [2.45, 2.75) is 19.4 Å². The summed E-state index contributed by atoms with van der Waals surface area (Å²) < 4.78 is 64.0. The fourth-order valence-electron chi connectivity index (χ4n) is 2.99. The average Bonchev–Trinajstić information content (AvgIpc) is 3.61. The Kier molecular flexibility index (Phi) is 6.73. The third-order valence-electron chi connectivity index (χ3n) is 4.98. The molecule has 0 spiro atoms. The van der Waals surface area contributed by atoms with Crippen molar-refractivity contribution < 1.29 is 31.5 Å².